The van der Waals surface area contributed by atoms with Crippen LogP contribution < -0.4 is 0 Å². The molecule has 0 aromatic carbocycles. The van der Waals surface area contributed by atoms with Gasteiger partial charge in [-0.25, -0.2) is 0 Å². The number of rotatable bonds is 3. The molecule has 2 unspecified atom stereocenters. The summed E-state index contributed by atoms with van der Waals surface area (Å²) in [5.74, 6) is 1.18. The summed E-state index contributed by atoms with van der Waals surface area (Å²) in [4.78, 5) is 0. The lowest BCUT2D eigenvalue weighted by Gasteiger charge is -2.10. The van der Waals surface area contributed by atoms with Crippen molar-refractivity contribution in [2.45, 2.75) is 27.2 Å². The van der Waals surface area contributed by atoms with E-state index in [1.807, 2.05) is 0 Å². The van der Waals surface area contributed by atoms with Gasteiger partial charge in [0.25, 0.3) is 0 Å². The van der Waals surface area contributed by atoms with Gasteiger partial charge in [0, 0.05) is 5.37 Å². The second-order valence-corrected chi connectivity index (χ2v) is 2.53. The number of thiocarbonyl (C=S) groups is 1. The standard InChI is InChI=1S/C7H13S/c1-4-6(2)7(3)5-8/h6-7H,4H2,1-3H3. The molecule has 0 N–H and O–H groups in total. The van der Waals surface area contributed by atoms with Crippen molar-refractivity contribution in [2.24, 2.45) is 11.8 Å². The van der Waals surface area contributed by atoms with Gasteiger partial charge in [-0.2, -0.15) is 0 Å². The summed E-state index contributed by atoms with van der Waals surface area (Å²) < 4.78 is 0. The third-order valence-electron chi connectivity index (χ3n) is 1.68. The highest BCUT2D eigenvalue weighted by molar-refractivity contribution is 7.79. The molecule has 0 bridgehead atoms. The van der Waals surface area contributed by atoms with Gasteiger partial charge in [0.2, 0.25) is 0 Å². The summed E-state index contributed by atoms with van der Waals surface area (Å²) in [6, 6.07) is 0. The third kappa shape index (κ3) is 2.41. The van der Waals surface area contributed by atoms with Gasteiger partial charge < -0.3 is 0 Å². The lowest BCUT2D eigenvalue weighted by atomic mass is 9.96. The van der Waals surface area contributed by atoms with E-state index in [4.69, 9.17) is 0 Å². The molecule has 0 heterocycles. The summed E-state index contributed by atoms with van der Waals surface area (Å²) >= 11 is 4.67. The topological polar surface area (TPSA) is 0 Å². The Morgan fingerprint density at radius 3 is 2.12 bits per heavy atom. The van der Waals surface area contributed by atoms with Gasteiger partial charge in [0.15, 0.2) is 0 Å². The van der Waals surface area contributed by atoms with Crippen molar-refractivity contribution >= 4 is 17.6 Å². The molecule has 0 fully saturated rings. The molecule has 0 saturated heterocycles. The first kappa shape index (κ1) is 8.09. The zero-order chi connectivity index (χ0) is 6.57. The largest absolute Gasteiger partial charge is 0.0834 e. The summed E-state index contributed by atoms with van der Waals surface area (Å²) in [5, 5.41) is 2.80. The molecule has 0 amide bonds. The fourth-order valence-corrected chi connectivity index (χ4v) is 0.702. The van der Waals surface area contributed by atoms with Crippen molar-refractivity contribution in [1.82, 2.24) is 0 Å². The van der Waals surface area contributed by atoms with Crippen LogP contribution in [0.1, 0.15) is 27.2 Å². The molecular weight excluding hydrogens is 116 g/mol. The Hall–Kier alpha value is 0.0900. The minimum absolute atomic E-state index is 0.481. The van der Waals surface area contributed by atoms with Gasteiger partial charge in [-0.1, -0.05) is 39.4 Å². The highest BCUT2D eigenvalue weighted by Crippen LogP contribution is 2.11. The van der Waals surface area contributed by atoms with Crippen LogP contribution in [-0.4, -0.2) is 5.37 Å². The average Bonchev–Trinajstić information content (AvgIpc) is 1.84. The van der Waals surface area contributed by atoms with Crippen LogP contribution in [0.15, 0.2) is 0 Å². The van der Waals surface area contributed by atoms with E-state index < -0.39 is 0 Å². The van der Waals surface area contributed by atoms with E-state index >= 15 is 0 Å². The molecule has 1 heteroatoms. The Kier molecular flexibility index (Phi) is 4.06. The van der Waals surface area contributed by atoms with E-state index in [1.165, 1.54) is 6.42 Å². The summed E-state index contributed by atoms with van der Waals surface area (Å²) in [6.45, 7) is 6.49. The Labute approximate surface area is 57.3 Å². The predicted molar refractivity (Wildman–Crippen MR) is 41.2 cm³/mol. The maximum atomic E-state index is 4.67. The normalized spacial score (nSPS) is 17.4. The molecule has 47 valence electrons. The lowest BCUT2D eigenvalue weighted by Crippen LogP contribution is -2.05. The maximum Gasteiger partial charge on any atom is 0.0325 e. The first-order valence-electron chi connectivity index (χ1n) is 3.10. The maximum absolute atomic E-state index is 4.67. The van der Waals surface area contributed by atoms with Crippen molar-refractivity contribution in [2.75, 3.05) is 0 Å². The molecule has 0 nitrogen and oxygen atoms in total. The molecule has 1 radical (unpaired) electrons. The third-order valence-corrected chi connectivity index (χ3v) is 2.06. The minimum atomic E-state index is 0.481. The van der Waals surface area contributed by atoms with Gasteiger partial charge in [-0.3, -0.25) is 0 Å². The van der Waals surface area contributed by atoms with E-state index in [2.05, 4.69) is 38.4 Å². The molecule has 0 aromatic rings. The smallest absolute Gasteiger partial charge is 0.0325 e. The van der Waals surface area contributed by atoms with E-state index in [-0.39, 0.29) is 0 Å². The van der Waals surface area contributed by atoms with Gasteiger partial charge in [0.05, 0.1) is 0 Å². The predicted octanol–water partition coefficient (Wildman–Crippen LogP) is 2.55. The van der Waals surface area contributed by atoms with Crippen molar-refractivity contribution in [3.05, 3.63) is 0 Å². The number of hydrogen-bond acceptors (Lipinski definition) is 1. The summed E-state index contributed by atoms with van der Waals surface area (Å²) in [7, 11) is 0. The molecule has 0 aliphatic heterocycles. The fraction of sp³-hybridized carbons (Fsp3) is 0.857. The van der Waals surface area contributed by atoms with Crippen molar-refractivity contribution in [3.63, 3.8) is 0 Å². The zero-order valence-corrected chi connectivity index (χ0v) is 6.59. The Bertz CT molecular complexity index is 68.8. The SMILES string of the molecule is CCC(C)C(C)[C]=S. The first-order valence-corrected chi connectivity index (χ1v) is 3.50. The number of hydrogen-bond donors (Lipinski definition) is 0. The fourth-order valence-electron chi connectivity index (χ4n) is 0.470. The molecule has 0 aliphatic carbocycles. The monoisotopic (exact) mass is 129 g/mol. The summed E-state index contributed by atoms with van der Waals surface area (Å²) in [5.41, 5.74) is 0. The van der Waals surface area contributed by atoms with Gasteiger partial charge in [-0.05, 0) is 11.8 Å². The van der Waals surface area contributed by atoms with Gasteiger partial charge in [-0.15, -0.1) is 0 Å². The molecule has 0 saturated carbocycles. The molecule has 0 rings (SSSR count). The van der Waals surface area contributed by atoms with Crippen LogP contribution in [0.2, 0.25) is 0 Å². The van der Waals surface area contributed by atoms with E-state index in [9.17, 15) is 0 Å². The molecular formula is C7H13S. The molecule has 0 aliphatic rings. The van der Waals surface area contributed by atoms with E-state index in [1.54, 1.807) is 0 Å². The first-order chi connectivity index (χ1) is 3.72. The highest BCUT2D eigenvalue weighted by atomic mass is 32.1. The average molecular weight is 129 g/mol. The zero-order valence-electron chi connectivity index (χ0n) is 5.77. The van der Waals surface area contributed by atoms with Crippen LogP contribution in [0.3, 0.4) is 0 Å². The molecule has 8 heavy (non-hydrogen) atoms. The van der Waals surface area contributed by atoms with Crippen molar-refractivity contribution < 1.29 is 0 Å². The Morgan fingerprint density at radius 1 is 1.50 bits per heavy atom. The van der Waals surface area contributed by atoms with Crippen LogP contribution >= 0.6 is 12.2 Å². The second kappa shape index (κ2) is 4.02. The second-order valence-electron chi connectivity index (χ2n) is 2.29. The lowest BCUT2D eigenvalue weighted by molar-refractivity contribution is 0.479. The van der Waals surface area contributed by atoms with Gasteiger partial charge in [0.1, 0.15) is 0 Å². The van der Waals surface area contributed by atoms with Crippen LogP contribution in [0.4, 0.5) is 0 Å². The Balaban J connectivity index is 3.44. The van der Waals surface area contributed by atoms with Crippen LogP contribution in [0.5, 0.6) is 0 Å². The van der Waals surface area contributed by atoms with Crippen molar-refractivity contribution in [3.8, 4) is 0 Å². The van der Waals surface area contributed by atoms with E-state index in [0.717, 1.165) is 0 Å². The van der Waals surface area contributed by atoms with Crippen LogP contribution in [0, 0.1) is 11.8 Å². The summed E-state index contributed by atoms with van der Waals surface area (Å²) in [6.07, 6.45) is 1.20. The highest BCUT2D eigenvalue weighted by Gasteiger charge is 2.05. The molecule has 2 atom stereocenters. The minimum Gasteiger partial charge on any atom is -0.0834 e. The molecule has 0 aromatic heterocycles. The van der Waals surface area contributed by atoms with Gasteiger partial charge >= 0.3 is 0 Å². The van der Waals surface area contributed by atoms with E-state index in [0.29, 0.717) is 11.8 Å². The van der Waals surface area contributed by atoms with Crippen LogP contribution in [0.25, 0.3) is 0 Å². The van der Waals surface area contributed by atoms with Crippen molar-refractivity contribution in [1.29, 1.82) is 0 Å². The Morgan fingerprint density at radius 2 is 2.00 bits per heavy atom. The van der Waals surface area contributed by atoms with Crippen LogP contribution in [-0.2, 0) is 0 Å². The molecule has 0 spiro atoms. The quantitative estimate of drug-likeness (QED) is 0.528.